The molecule has 0 spiro atoms. The second kappa shape index (κ2) is 4.53. The summed E-state index contributed by atoms with van der Waals surface area (Å²) >= 11 is 6.58. The summed E-state index contributed by atoms with van der Waals surface area (Å²) in [7, 11) is 1.83. The van der Waals surface area contributed by atoms with Crippen molar-refractivity contribution in [1.82, 2.24) is 4.57 Å². The second-order valence-corrected chi connectivity index (χ2v) is 5.22. The van der Waals surface area contributed by atoms with E-state index in [0.29, 0.717) is 15.3 Å². The van der Waals surface area contributed by atoms with Gasteiger partial charge in [-0.15, -0.1) is 0 Å². The van der Waals surface area contributed by atoms with Gasteiger partial charge in [-0.25, -0.2) is 4.39 Å². The predicted molar refractivity (Wildman–Crippen MR) is 74.2 cm³/mol. The molecule has 0 amide bonds. The largest absolute Gasteiger partial charge is 0.345 e. The van der Waals surface area contributed by atoms with Crippen LogP contribution in [0.4, 0.5) is 4.39 Å². The number of pyridine rings is 1. The fraction of sp³-hybridized carbons (Fsp3) is 0.250. The lowest BCUT2D eigenvalue weighted by Crippen LogP contribution is -2.15. The number of aryl methyl sites for hydroxylation is 2. The van der Waals surface area contributed by atoms with Crippen LogP contribution in [0, 0.1) is 12.7 Å². The van der Waals surface area contributed by atoms with Crippen LogP contribution >= 0.6 is 31.9 Å². The molecular formula is C12H10Br2FNO. The molecule has 0 saturated heterocycles. The first-order valence-corrected chi connectivity index (χ1v) is 6.92. The maximum Gasteiger partial charge on any atom is 0.206 e. The van der Waals surface area contributed by atoms with E-state index >= 15 is 0 Å². The zero-order valence-electron chi connectivity index (χ0n) is 9.35. The first-order valence-electron chi connectivity index (χ1n) is 5.01. The van der Waals surface area contributed by atoms with Gasteiger partial charge in [-0.2, -0.15) is 0 Å². The molecule has 2 nitrogen and oxygen atoms in total. The second-order valence-electron chi connectivity index (χ2n) is 3.87. The number of nitrogens with zero attached hydrogens (tertiary/aromatic N) is 1. The van der Waals surface area contributed by atoms with Crippen molar-refractivity contribution in [2.24, 2.45) is 7.05 Å². The van der Waals surface area contributed by atoms with Crippen LogP contribution in [0.15, 0.2) is 21.4 Å². The molecule has 90 valence electrons. The Balaban J connectivity index is 3.15. The highest BCUT2D eigenvalue weighted by Crippen LogP contribution is 2.25. The molecule has 17 heavy (non-hydrogen) atoms. The van der Waals surface area contributed by atoms with Gasteiger partial charge in [0.1, 0.15) is 5.82 Å². The van der Waals surface area contributed by atoms with E-state index in [1.165, 1.54) is 6.07 Å². The van der Waals surface area contributed by atoms with Gasteiger partial charge in [0.15, 0.2) is 0 Å². The number of aromatic nitrogens is 1. The van der Waals surface area contributed by atoms with Gasteiger partial charge in [0, 0.05) is 18.1 Å². The van der Waals surface area contributed by atoms with Crippen molar-refractivity contribution in [3.63, 3.8) is 0 Å². The topological polar surface area (TPSA) is 22.0 Å². The van der Waals surface area contributed by atoms with E-state index in [-0.39, 0.29) is 10.8 Å². The SMILES string of the molecule is Cc1ccc(F)c2c(=O)c(Br)c(CBr)n(C)c12. The zero-order valence-corrected chi connectivity index (χ0v) is 12.5. The van der Waals surface area contributed by atoms with E-state index < -0.39 is 5.82 Å². The third-order valence-electron chi connectivity index (χ3n) is 2.88. The molecule has 2 rings (SSSR count). The summed E-state index contributed by atoms with van der Waals surface area (Å²) in [5.41, 5.74) is 2.04. The Labute approximate surface area is 115 Å². The molecule has 0 radical (unpaired) electrons. The third-order valence-corrected chi connectivity index (χ3v) is 4.22. The first-order chi connectivity index (χ1) is 7.99. The van der Waals surface area contributed by atoms with Gasteiger partial charge in [0.2, 0.25) is 5.43 Å². The van der Waals surface area contributed by atoms with Crippen LogP contribution in [-0.4, -0.2) is 4.57 Å². The summed E-state index contributed by atoms with van der Waals surface area (Å²) in [6, 6.07) is 3.02. The van der Waals surface area contributed by atoms with E-state index in [9.17, 15) is 9.18 Å². The van der Waals surface area contributed by atoms with Crippen molar-refractivity contribution in [3.05, 3.63) is 43.9 Å². The van der Waals surface area contributed by atoms with Gasteiger partial charge in [0.25, 0.3) is 0 Å². The van der Waals surface area contributed by atoms with Gasteiger partial charge >= 0.3 is 0 Å². The summed E-state index contributed by atoms with van der Waals surface area (Å²) < 4.78 is 16.0. The summed E-state index contributed by atoms with van der Waals surface area (Å²) in [4.78, 5) is 12.1. The molecular weight excluding hydrogens is 353 g/mol. The minimum Gasteiger partial charge on any atom is -0.345 e. The molecule has 0 aliphatic rings. The van der Waals surface area contributed by atoms with E-state index in [1.54, 1.807) is 6.07 Å². The maximum absolute atomic E-state index is 13.8. The summed E-state index contributed by atoms with van der Waals surface area (Å²) in [5.74, 6) is -0.479. The average Bonchev–Trinajstić information content (AvgIpc) is 2.30. The van der Waals surface area contributed by atoms with Crippen molar-refractivity contribution in [2.75, 3.05) is 0 Å². The molecule has 0 aliphatic carbocycles. The summed E-state index contributed by atoms with van der Waals surface area (Å²) in [6.07, 6.45) is 0. The number of alkyl halides is 1. The average molecular weight is 363 g/mol. The van der Waals surface area contributed by atoms with Crippen LogP contribution in [-0.2, 0) is 12.4 Å². The van der Waals surface area contributed by atoms with E-state index in [2.05, 4.69) is 31.9 Å². The highest BCUT2D eigenvalue weighted by Gasteiger charge is 2.16. The lowest BCUT2D eigenvalue weighted by molar-refractivity contribution is 0.637. The van der Waals surface area contributed by atoms with Crippen molar-refractivity contribution in [1.29, 1.82) is 0 Å². The highest BCUT2D eigenvalue weighted by atomic mass is 79.9. The monoisotopic (exact) mass is 361 g/mol. The van der Waals surface area contributed by atoms with Crippen LogP contribution in [0.1, 0.15) is 11.3 Å². The van der Waals surface area contributed by atoms with Gasteiger partial charge < -0.3 is 4.57 Å². The molecule has 0 unspecified atom stereocenters. The Morgan fingerprint density at radius 2 is 2.06 bits per heavy atom. The van der Waals surface area contributed by atoms with Gasteiger partial charge in [-0.1, -0.05) is 22.0 Å². The normalized spacial score (nSPS) is 11.1. The lowest BCUT2D eigenvalue weighted by atomic mass is 10.1. The number of hydrogen-bond donors (Lipinski definition) is 0. The molecule has 0 bridgehead atoms. The van der Waals surface area contributed by atoms with Crippen LogP contribution in [0.25, 0.3) is 10.9 Å². The Morgan fingerprint density at radius 1 is 1.41 bits per heavy atom. The maximum atomic E-state index is 13.8. The molecule has 2 aromatic rings. The summed E-state index contributed by atoms with van der Waals surface area (Å²) in [6.45, 7) is 1.87. The molecule has 1 heterocycles. The van der Waals surface area contributed by atoms with Crippen LogP contribution in [0.3, 0.4) is 0 Å². The molecule has 0 aliphatic heterocycles. The van der Waals surface area contributed by atoms with E-state index in [1.807, 2.05) is 18.5 Å². The zero-order chi connectivity index (χ0) is 12.7. The molecule has 0 N–H and O–H groups in total. The molecule has 5 heteroatoms. The van der Waals surface area contributed by atoms with Gasteiger partial charge in [0.05, 0.1) is 15.4 Å². The number of benzene rings is 1. The number of fused-ring (bicyclic) bond motifs is 1. The number of hydrogen-bond acceptors (Lipinski definition) is 1. The highest BCUT2D eigenvalue weighted by molar-refractivity contribution is 9.10. The van der Waals surface area contributed by atoms with Crippen LogP contribution < -0.4 is 5.43 Å². The number of rotatable bonds is 1. The fourth-order valence-corrected chi connectivity index (χ4v) is 3.63. The third kappa shape index (κ3) is 1.85. The van der Waals surface area contributed by atoms with Crippen LogP contribution in [0.2, 0.25) is 0 Å². The molecule has 0 saturated carbocycles. The first kappa shape index (κ1) is 12.8. The molecule has 0 atom stereocenters. The smallest absolute Gasteiger partial charge is 0.206 e. The molecule has 0 fully saturated rings. The predicted octanol–water partition coefficient (Wildman–Crippen LogP) is 3.64. The standard InChI is InChI=1S/C12H10Br2FNO/c1-6-3-4-7(15)9-11(6)16(2)8(5-13)10(14)12(9)17/h3-4H,5H2,1-2H3. The Kier molecular flexibility index (Phi) is 3.41. The number of halogens is 3. The Bertz CT molecular complexity index is 664. The van der Waals surface area contributed by atoms with E-state index in [4.69, 9.17) is 0 Å². The van der Waals surface area contributed by atoms with Gasteiger partial charge in [-0.3, -0.25) is 4.79 Å². The Hall–Kier alpha value is -0.680. The van der Waals surface area contributed by atoms with E-state index in [0.717, 1.165) is 11.3 Å². The lowest BCUT2D eigenvalue weighted by Gasteiger charge is -2.14. The van der Waals surface area contributed by atoms with Gasteiger partial charge in [-0.05, 0) is 34.5 Å². The minimum atomic E-state index is -0.479. The molecule has 1 aromatic heterocycles. The quantitative estimate of drug-likeness (QED) is 0.710. The van der Waals surface area contributed by atoms with Crippen LogP contribution in [0.5, 0.6) is 0 Å². The van der Waals surface area contributed by atoms with Crippen molar-refractivity contribution < 1.29 is 4.39 Å². The molecule has 1 aromatic carbocycles. The van der Waals surface area contributed by atoms with Crippen molar-refractivity contribution >= 4 is 42.8 Å². The summed E-state index contributed by atoms with van der Waals surface area (Å²) in [5, 5.41) is 0.676. The fourth-order valence-electron chi connectivity index (χ4n) is 1.99. The minimum absolute atomic E-state index is 0.143. The van der Waals surface area contributed by atoms with Crippen molar-refractivity contribution in [2.45, 2.75) is 12.3 Å². The Morgan fingerprint density at radius 3 is 2.65 bits per heavy atom. The van der Waals surface area contributed by atoms with Crippen molar-refractivity contribution in [3.8, 4) is 0 Å².